The summed E-state index contributed by atoms with van der Waals surface area (Å²) in [4.78, 5) is 9.85. The molecule has 0 amide bonds. The Hall–Kier alpha value is -1.20. The Kier molecular flexibility index (Phi) is 3.07. The number of hydrogen-bond acceptors (Lipinski definition) is 4. The van der Waals surface area contributed by atoms with Crippen molar-refractivity contribution < 1.29 is 0 Å². The van der Waals surface area contributed by atoms with Gasteiger partial charge in [-0.25, -0.2) is 9.97 Å². The van der Waals surface area contributed by atoms with Crippen molar-refractivity contribution in [1.82, 2.24) is 14.5 Å². The summed E-state index contributed by atoms with van der Waals surface area (Å²) >= 11 is 1.68. The molecule has 1 unspecified atom stereocenters. The van der Waals surface area contributed by atoms with Crippen molar-refractivity contribution in [3.63, 3.8) is 0 Å². The van der Waals surface area contributed by atoms with E-state index in [9.17, 15) is 0 Å². The van der Waals surface area contributed by atoms with Gasteiger partial charge in [-0.2, -0.15) is 0 Å². The second-order valence-electron chi connectivity index (χ2n) is 3.95. The van der Waals surface area contributed by atoms with Crippen LogP contribution in [0.4, 0.5) is 0 Å². The molecule has 86 valence electrons. The van der Waals surface area contributed by atoms with Crippen LogP contribution in [0.1, 0.15) is 27.4 Å². The highest BCUT2D eigenvalue weighted by molar-refractivity contribution is 7.11. The van der Waals surface area contributed by atoms with E-state index < -0.39 is 0 Å². The lowest BCUT2D eigenvalue weighted by atomic mass is 10.1. The fraction of sp³-hybridized carbons (Fsp3) is 0.455. The highest BCUT2D eigenvalue weighted by Gasteiger charge is 2.15. The van der Waals surface area contributed by atoms with Gasteiger partial charge in [0, 0.05) is 36.8 Å². The molecule has 0 aliphatic rings. The Balaban J connectivity index is 2.17. The maximum Gasteiger partial charge on any atom is 0.110 e. The Morgan fingerprint density at radius 1 is 1.50 bits per heavy atom. The van der Waals surface area contributed by atoms with Crippen LogP contribution in [0.2, 0.25) is 0 Å². The first kappa shape index (κ1) is 11.3. The van der Waals surface area contributed by atoms with E-state index in [0.717, 1.165) is 22.9 Å². The standard InChI is InChI=1S/C11H16N4S/c1-7-11(16-8(2)14-7)9(12)6-10-13-4-5-15(10)3/h4-5,9H,6,12H2,1-3H3. The van der Waals surface area contributed by atoms with E-state index in [2.05, 4.69) is 9.97 Å². The Bertz CT molecular complexity index is 486. The summed E-state index contributed by atoms with van der Waals surface area (Å²) < 4.78 is 2.00. The third kappa shape index (κ3) is 2.15. The van der Waals surface area contributed by atoms with Crippen molar-refractivity contribution >= 4 is 11.3 Å². The molecule has 0 bridgehead atoms. The number of aryl methyl sites for hydroxylation is 3. The minimum Gasteiger partial charge on any atom is -0.338 e. The molecule has 0 aliphatic carbocycles. The first-order valence-electron chi connectivity index (χ1n) is 5.23. The van der Waals surface area contributed by atoms with E-state index >= 15 is 0 Å². The molecule has 2 aromatic heterocycles. The third-order valence-electron chi connectivity index (χ3n) is 2.60. The monoisotopic (exact) mass is 236 g/mol. The lowest BCUT2D eigenvalue weighted by Gasteiger charge is -2.09. The molecule has 5 heteroatoms. The first-order valence-corrected chi connectivity index (χ1v) is 6.05. The molecule has 2 heterocycles. The zero-order chi connectivity index (χ0) is 11.7. The average molecular weight is 236 g/mol. The molecule has 16 heavy (non-hydrogen) atoms. The number of hydrogen-bond donors (Lipinski definition) is 1. The zero-order valence-electron chi connectivity index (χ0n) is 9.77. The molecule has 2 aromatic rings. The summed E-state index contributed by atoms with van der Waals surface area (Å²) in [6.07, 6.45) is 4.49. The normalized spacial score (nSPS) is 13.0. The van der Waals surface area contributed by atoms with Crippen LogP contribution >= 0.6 is 11.3 Å². The quantitative estimate of drug-likeness (QED) is 0.883. The predicted molar refractivity (Wildman–Crippen MR) is 65.4 cm³/mol. The van der Waals surface area contributed by atoms with E-state index in [-0.39, 0.29) is 6.04 Å². The Morgan fingerprint density at radius 3 is 2.75 bits per heavy atom. The van der Waals surface area contributed by atoms with Crippen molar-refractivity contribution in [3.05, 3.63) is 33.8 Å². The lowest BCUT2D eigenvalue weighted by molar-refractivity contribution is 0.664. The van der Waals surface area contributed by atoms with Crippen molar-refractivity contribution in [1.29, 1.82) is 0 Å². The lowest BCUT2D eigenvalue weighted by Crippen LogP contribution is -2.15. The van der Waals surface area contributed by atoms with Gasteiger partial charge in [-0.1, -0.05) is 0 Å². The smallest absolute Gasteiger partial charge is 0.110 e. The van der Waals surface area contributed by atoms with Crippen molar-refractivity contribution in [2.45, 2.75) is 26.3 Å². The van der Waals surface area contributed by atoms with Crippen LogP contribution in [0.3, 0.4) is 0 Å². The summed E-state index contributed by atoms with van der Waals surface area (Å²) in [5.74, 6) is 1.01. The van der Waals surface area contributed by atoms with E-state index in [1.165, 1.54) is 4.88 Å². The van der Waals surface area contributed by atoms with E-state index in [1.54, 1.807) is 17.5 Å². The van der Waals surface area contributed by atoms with Gasteiger partial charge in [0.25, 0.3) is 0 Å². The number of rotatable bonds is 3. The van der Waals surface area contributed by atoms with Gasteiger partial charge in [0.1, 0.15) is 5.82 Å². The van der Waals surface area contributed by atoms with Crippen LogP contribution in [0.5, 0.6) is 0 Å². The fourth-order valence-electron chi connectivity index (χ4n) is 1.77. The van der Waals surface area contributed by atoms with Gasteiger partial charge in [0.15, 0.2) is 0 Å². The average Bonchev–Trinajstić information content (AvgIpc) is 2.74. The van der Waals surface area contributed by atoms with E-state index in [0.29, 0.717) is 0 Å². The topological polar surface area (TPSA) is 56.7 Å². The molecule has 0 saturated heterocycles. The summed E-state index contributed by atoms with van der Waals surface area (Å²) in [6.45, 7) is 4.02. The second kappa shape index (κ2) is 4.35. The van der Waals surface area contributed by atoms with Gasteiger partial charge >= 0.3 is 0 Å². The molecule has 0 radical (unpaired) electrons. The molecule has 2 N–H and O–H groups in total. The molecule has 0 spiro atoms. The summed E-state index contributed by atoms with van der Waals surface area (Å²) in [6, 6.07) is -0.00713. The fourth-order valence-corrected chi connectivity index (χ4v) is 2.70. The predicted octanol–water partition coefficient (Wildman–Crippen LogP) is 1.74. The van der Waals surface area contributed by atoms with Gasteiger partial charge in [0.05, 0.1) is 10.7 Å². The summed E-state index contributed by atoms with van der Waals surface area (Å²) in [7, 11) is 1.99. The highest BCUT2D eigenvalue weighted by Crippen LogP contribution is 2.25. The number of aromatic nitrogens is 3. The van der Waals surface area contributed by atoms with Crippen LogP contribution in [0.15, 0.2) is 12.4 Å². The molecular formula is C11H16N4S. The molecule has 1 atom stereocenters. The number of thiazole rings is 1. The van der Waals surface area contributed by atoms with Gasteiger partial charge in [-0.3, -0.25) is 0 Å². The molecule has 4 nitrogen and oxygen atoms in total. The minimum absolute atomic E-state index is 0.00713. The van der Waals surface area contributed by atoms with Crippen LogP contribution < -0.4 is 5.73 Å². The molecule has 0 aromatic carbocycles. The van der Waals surface area contributed by atoms with Gasteiger partial charge in [-0.05, 0) is 13.8 Å². The van der Waals surface area contributed by atoms with Crippen LogP contribution in [0.25, 0.3) is 0 Å². The molecule has 0 aliphatic heterocycles. The number of nitrogens with zero attached hydrogens (tertiary/aromatic N) is 3. The Labute approximate surface area is 99.2 Å². The van der Waals surface area contributed by atoms with Crippen molar-refractivity contribution in [3.8, 4) is 0 Å². The Morgan fingerprint density at radius 2 is 2.25 bits per heavy atom. The van der Waals surface area contributed by atoms with Crippen molar-refractivity contribution in [2.24, 2.45) is 12.8 Å². The largest absolute Gasteiger partial charge is 0.338 e. The number of nitrogens with two attached hydrogens (primary N) is 1. The maximum absolute atomic E-state index is 6.19. The third-order valence-corrected chi connectivity index (χ3v) is 3.80. The van der Waals surface area contributed by atoms with E-state index in [1.807, 2.05) is 31.7 Å². The van der Waals surface area contributed by atoms with E-state index in [4.69, 9.17) is 5.73 Å². The first-order chi connectivity index (χ1) is 7.58. The highest BCUT2D eigenvalue weighted by atomic mass is 32.1. The molecule has 0 saturated carbocycles. The summed E-state index contributed by atoms with van der Waals surface area (Å²) in [5, 5.41) is 1.07. The molecule has 2 rings (SSSR count). The zero-order valence-corrected chi connectivity index (χ0v) is 10.6. The van der Waals surface area contributed by atoms with Crippen molar-refractivity contribution in [2.75, 3.05) is 0 Å². The van der Waals surface area contributed by atoms with Gasteiger partial charge in [0.2, 0.25) is 0 Å². The molecule has 0 fully saturated rings. The van der Waals surface area contributed by atoms with Crippen LogP contribution in [0, 0.1) is 13.8 Å². The SMILES string of the molecule is Cc1nc(C)c(C(N)Cc2nccn2C)s1. The van der Waals surface area contributed by atoms with Crippen LogP contribution in [-0.2, 0) is 13.5 Å². The summed E-state index contributed by atoms with van der Waals surface area (Å²) in [5.41, 5.74) is 7.23. The van der Waals surface area contributed by atoms with Gasteiger partial charge in [-0.15, -0.1) is 11.3 Å². The number of imidazole rings is 1. The van der Waals surface area contributed by atoms with Gasteiger partial charge < -0.3 is 10.3 Å². The minimum atomic E-state index is -0.00713. The van der Waals surface area contributed by atoms with Crippen LogP contribution in [-0.4, -0.2) is 14.5 Å². The maximum atomic E-state index is 6.19. The second-order valence-corrected chi connectivity index (χ2v) is 5.18. The molecular weight excluding hydrogens is 220 g/mol.